The van der Waals surface area contributed by atoms with Gasteiger partial charge in [-0.3, -0.25) is 14.5 Å². The van der Waals surface area contributed by atoms with Crippen LogP contribution in [0.15, 0.2) is 30.3 Å². The van der Waals surface area contributed by atoms with Crippen LogP contribution in [0.3, 0.4) is 0 Å². The topological polar surface area (TPSA) is 131 Å². The molecule has 1 saturated carbocycles. The number of hydrogen-bond acceptors (Lipinski definition) is 8. The number of hydrogen-bond donors (Lipinski definition) is 2. The molecular formula is C28H41N3O7S. The largest absolute Gasteiger partial charge is 0.458 e. The molecule has 0 unspecified atom stereocenters. The molecule has 0 spiro atoms. The van der Waals surface area contributed by atoms with Crippen LogP contribution in [-0.4, -0.2) is 86.7 Å². The Morgan fingerprint density at radius 2 is 1.77 bits per heavy atom. The predicted octanol–water partition coefficient (Wildman–Crippen LogP) is 2.07. The first kappa shape index (κ1) is 29.3. The highest BCUT2D eigenvalue weighted by Gasteiger charge is 2.48. The lowest BCUT2D eigenvalue weighted by atomic mass is 9.72. The van der Waals surface area contributed by atoms with E-state index in [1.165, 1.54) is 33.1 Å². The molecule has 2 heterocycles. The summed E-state index contributed by atoms with van der Waals surface area (Å²) in [6.07, 6.45) is 5.37. The van der Waals surface area contributed by atoms with Gasteiger partial charge in [-0.25, -0.2) is 13.2 Å². The zero-order valence-corrected chi connectivity index (χ0v) is 24.0. The zero-order chi connectivity index (χ0) is 28.4. The van der Waals surface area contributed by atoms with Gasteiger partial charge in [0.2, 0.25) is 5.91 Å². The highest BCUT2D eigenvalue weighted by Crippen LogP contribution is 2.40. The Balaban J connectivity index is 1.59. The third kappa shape index (κ3) is 6.57. The molecule has 0 radical (unpaired) electrons. The van der Waals surface area contributed by atoms with Gasteiger partial charge < -0.3 is 20.1 Å². The van der Waals surface area contributed by atoms with Crippen molar-refractivity contribution in [1.82, 2.24) is 15.5 Å². The highest BCUT2D eigenvalue weighted by atomic mass is 32.2. The number of ether oxygens (including phenoxy) is 2. The van der Waals surface area contributed by atoms with Gasteiger partial charge in [-0.2, -0.15) is 0 Å². The summed E-state index contributed by atoms with van der Waals surface area (Å²) in [5, 5.41) is 5.34. The summed E-state index contributed by atoms with van der Waals surface area (Å²) in [4.78, 5) is 41.2. The number of carbonyl (C=O) groups excluding carboxylic acids is 3. The van der Waals surface area contributed by atoms with Crippen LogP contribution in [0.4, 0.5) is 4.79 Å². The smallest absolute Gasteiger partial charge is 0.407 e. The van der Waals surface area contributed by atoms with Gasteiger partial charge in [-0.1, -0.05) is 49.6 Å². The Hall–Kier alpha value is -2.66. The number of alkyl carbamates (subject to hydrolysis) is 1. The van der Waals surface area contributed by atoms with Gasteiger partial charge in [0.15, 0.2) is 9.84 Å². The van der Waals surface area contributed by atoms with Crippen molar-refractivity contribution in [3.8, 4) is 0 Å². The molecule has 1 aliphatic carbocycles. The molecule has 1 aromatic rings. The van der Waals surface area contributed by atoms with Crippen molar-refractivity contribution in [3.63, 3.8) is 0 Å². The fraction of sp³-hybridized carbons (Fsp3) is 0.679. The average molecular weight is 564 g/mol. The standard InChI is InChI=1S/C28H41N3O7S/c1-28(2,39(4,35)36)24(30-27(34)37-3)25(32)29-21(14-18-10-6-5-7-11-18)23-17-31-16-20-13-9-8-12-19(20)15-22(31)26(33)38-23/h5-7,10-11,19-24H,8-9,12-17H2,1-4H3,(H,29,32)(H,30,34)/t19-,20+,21-,22-,23+,24+/m0/s1. The molecule has 0 aromatic heterocycles. The summed E-state index contributed by atoms with van der Waals surface area (Å²) < 4.78 is 34.2. The maximum Gasteiger partial charge on any atom is 0.407 e. The molecule has 11 heteroatoms. The molecule has 2 N–H and O–H groups in total. The number of piperidine rings is 1. The van der Waals surface area contributed by atoms with Crippen molar-refractivity contribution >= 4 is 27.8 Å². The zero-order valence-electron chi connectivity index (χ0n) is 23.2. The number of sulfone groups is 1. The van der Waals surface area contributed by atoms with Gasteiger partial charge in [0.25, 0.3) is 0 Å². The minimum atomic E-state index is -3.78. The lowest BCUT2D eigenvalue weighted by Crippen LogP contribution is -2.66. The molecular weight excluding hydrogens is 522 g/mol. The number of esters is 1. The van der Waals surface area contributed by atoms with Crippen LogP contribution >= 0.6 is 0 Å². The van der Waals surface area contributed by atoms with Crippen LogP contribution in [0.5, 0.6) is 0 Å². The number of rotatable bonds is 8. The van der Waals surface area contributed by atoms with Crippen LogP contribution in [0.1, 0.15) is 51.5 Å². The second-order valence-electron chi connectivity index (χ2n) is 11.7. The maximum absolute atomic E-state index is 13.7. The summed E-state index contributed by atoms with van der Waals surface area (Å²) in [7, 11) is -2.64. The molecule has 4 rings (SSSR count). The minimum Gasteiger partial charge on any atom is -0.458 e. The third-order valence-electron chi connectivity index (χ3n) is 8.89. The number of benzene rings is 1. The average Bonchev–Trinajstić information content (AvgIpc) is 2.90. The Morgan fingerprint density at radius 1 is 1.10 bits per heavy atom. The molecule has 2 saturated heterocycles. The Morgan fingerprint density at radius 3 is 2.41 bits per heavy atom. The van der Waals surface area contributed by atoms with Gasteiger partial charge in [0.05, 0.1) is 17.9 Å². The first-order valence-corrected chi connectivity index (χ1v) is 15.6. The van der Waals surface area contributed by atoms with E-state index in [1.54, 1.807) is 0 Å². The van der Waals surface area contributed by atoms with Crippen molar-refractivity contribution in [2.45, 2.75) is 81.3 Å². The number of nitrogens with zero attached hydrogens (tertiary/aromatic N) is 1. The van der Waals surface area contributed by atoms with E-state index in [9.17, 15) is 22.8 Å². The molecule has 3 fully saturated rings. The molecule has 2 aliphatic heterocycles. The number of methoxy groups -OCH3 is 1. The second-order valence-corrected chi connectivity index (χ2v) is 14.3. The maximum atomic E-state index is 13.7. The van der Waals surface area contributed by atoms with E-state index in [0.717, 1.165) is 38.3 Å². The van der Waals surface area contributed by atoms with Gasteiger partial charge in [0, 0.05) is 19.3 Å². The van der Waals surface area contributed by atoms with E-state index >= 15 is 0 Å². The number of nitrogens with one attached hydrogen (secondary N) is 2. The van der Waals surface area contributed by atoms with Crippen LogP contribution in [0.2, 0.25) is 0 Å². The quantitative estimate of drug-likeness (QED) is 0.460. The molecule has 1 aromatic carbocycles. The van der Waals surface area contributed by atoms with Crippen LogP contribution < -0.4 is 10.6 Å². The van der Waals surface area contributed by atoms with Crippen molar-refractivity contribution < 1.29 is 32.3 Å². The second kappa shape index (κ2) is 11.8. The van der Waals surface area contributed by atoms with Crippen molar-refractivity contribution in [2.24, 2.45) is 11.8 Å². The number of carbonyl (C=O) groups is 3. The highest BCUT2D eigenvalue weighted by molar-refractivity contribution is 7.92. The lowest BCUT2D eigenvalue weighted by molar-refractivity contribution is -0.175. The molecule has 6 atom stereocenters. The molecule has 216 valence electrons. The number of fused-ring (bicyclic) bond motifs is 2. The normalized spacial score (nSPS) is 27.2. The summed E-state index contributed by atoms with van der Waals surface area (Å²) >= 11 is 0. The van der Waals surface area contributed by atoms with E-state index in [1.807, 2.05) is 30.3 Å². The van der Waals surface area contributed by atoms with E-state index in [0.29, 0.717) is 24.8 Å². The van der Waals surface area contributed by atoms with Gasteiger partial charge >= 0.3 is 12.1 Å². The van der Waals surface area contributed by atoms with Crippen LogP contribution in [0.25, 0.3) is 0 Å². The Labute approximate surface area is 231 Å². The molecule has 10 nitrogen and oxygen atoms in total. The van der Waals surface area contributed by atoms with E-state index in [-0.39, 0.29) is 12.0 Å². The van der Waals surface area contributed by atoms with Crippen molar-refractivity contribution in [1.29, 1.82) is 0 Å². The SMILES string of the molecule is COC(=O)N[C@H](C(=O)N[C@@H](Cc1ccccc1)[C@H]1CN2C[C@H]3CCCC[C@H]3C[C@H]2C(=O)O1)C(C)(C)S(C)(=O)=O. The Kier molecular flexibility index (Phi) is 8.90. The van der Waals surface area contributed by atoms with Gasteiger partial charge in [-0.15, -0.1) is 0 Å². The monoisotopic (exact) mass is 563 g/mol. The van der Waals surface area contributed by atoms with Crippen molar-refractivity contribution in [3.05, 3.63) is 35.9 Å². The van der Waals surface area contributed by atoms with E-state index in [2.05, 4.69) is 20.3 Å². The summed E-state index contributed by atoms with van der Waals surface area (Å²) in [5.41, 5.74) is 0.923. The molecule has 3 aliphatic rings. The van der Waals surface area contributed by atoms with Gasteiger partial charge in [-0.05, 0) is 50.5 Å². The summed E-state index contributed by atoms with van der Waals surface area (Å²) in [5.74, 6) is 0.143. The molecule has 39 heavy (non-hydrogen) atoms. The fourth-order valence-electron chi connectivity index (χ4n) is 6.21. The number of morpholine rings is 1. The number of cyclic esters (lactones) is 1. The first-order valence-electron chi connectivity index (χ1n) is 13.7. The van der Waals surface area contributed by atoms with Crippen molar-refractivity contribution in [2.75, 3.05) is 26.5 Å². The minimum absolute atomic E-state index is 0.272. The number of amides is 2. The van der Waals surface area contributed by atoms with E-state index < -0.39 is 44.8 Å². The fourth-order valence-corrected chi connectivity index (χ4v) is 6.80. The summed E-state index contributed by atoms with van der Waals surface area (Å²) in [6, 6.07) is 7.15. The molecule has 0 bridgehead atoms. The third-order valence-corrected chi connectivity index (χ3v) is 11.0. The van der Waals surface area contributed by atoms with Crippen LogP contribution in [0, 0.1) is 11.8 Å². The first-order chi connectivity index (χ1) is 18.4. The van der Waals surface area contributed by atoms with E-state index in [4.69, 9.17) is 4.74 Å². The lowest BCUT2D eigenvalue weighted by Gasteiger charge is -2.49. The van der Waals surface area contributed by atoms with Gasteiger partial charge in [0.1, 0.15) is 18.2 Å². The summed E-state index contributed by atoms with van der Waals surface area (Å²) in [6.45, 7) is 4.07. The Bertz CT molecular complexity index is 1160. The predicted molar refractivity (Wildman–Crippen MR) is 146 cm³/mol. The van der Waals surface area contributed by atoms with Crippen LogP contribution in [-0.2, 0) is 35.3 Å². The molecule has 2 amide bonds.